The molecule has 2 rings (SSSR count). The summed E-state index contributed by atoms with van der Waals surface area (Å²) in [5.74, 6) is -2.67. The normalized spacial score (nSPS) is 13.1. The number of rotatable bonds is 13. The second-order valence-electron chi connectivity index (χ2n) is 6.04. The van der Waals surface area contributed by atoms with Crippen molar-refractivity contribution in [2.45, 2.75) is 12.8 Å². The fourth-order valence-corrected chi connectivity index (χ4v) is 2.34. The zero-order chi connectivity index (χ0) is 21.9. The zero-order valence-corrected chi connectivity index (χ0v) is 16.1. The SMILES string of the molecule is O=C(CCN1C(=O)C=CC1=O)NCCOCCOCCC(=O)On1c(O)ccc1O. The number of hydrogen-bond acceptors (Lipinski definition) is 9. The van der Waals surface area contributed by atoms with E-state index in [1.165, 1.54) is 12.1 Å². The summed E-state index contributed by atoms with van der Waals surface area (Å²) in [4.78, 5) is 51.7. The van der Waals surface area contributed by atoms with E-state index >= 15 is 0 Å². The number of hydrogen-bond donors (Lipinski definition) is 3. The molecule has 0 fully saturated rings. The number of ether oxygens (including phenoxy) is 2. The molecule has 1 aliphatic rings. The molecule has 12 heteroatoms. The third kappa shape index (κ3) is 7.22. The Hall–Kier alpha value is -3.38. The first-order valence-corrected chi connectivity index (χ1v) is 9.15. The summed E-state index contributed by atoms with van der Waals surface area (Å²) in [6.45, 7) is 1.04. The number of nitrogens with one attached hydrogen (secondary N) is 1. The van der Waals surface area contributed by atoms with Crippen molar-refractivity contribution in [3.05, 3.63) is 24.3 Å². The highest BCUT2D eigenvalue weighted by Gasteiger charge is 2.23. The van der Waals surface area contributed by atoms with E-state index in [-0.39, 0.29) is 58.3 Å². The van der Waals surface area contributed by atoms with Crippen LogP contribution in [0.5, 0.6) is 11.8 Å². The molecule has 0 aromatic carbocycles. The van der Waals surface area contributed by atoms with Crippen molar-refractivity contribution in [2.75, 3.05) is 39.5 Å². The zero-order valence-electron chi connectivity index (χ0n) is 16.1. The van der Waals surface area contributed by atoms with Gasteiger partial charge >= 0.3 is 5.97 Å². The Bertz CT molecular complexity index is 765. The lowest BCUT2D eigenvalue weighted by Gasteiger charge is -2.13. The van der Waals surface area contributed by atoms with E-state index in [1.807, 2.05) is 0 Å². The lowest BCUT2D eigenvalue weighted by molar-refractivity contribution is -0.146. The lowest BCUT2D eigenvalue weighted by atomic mass is 10.3. The molecule has 0 bridgehead atoms. The molecule has 1 aromatic rings. The average molecular weight is 425 g/mol. The molecule has 0 unspecified atom stereocenters. The number of imide groups is 1. The van der Waals surface area contributed by atoms with Crippen molar-refractivity contribution >= 4 is 23.7 Å². The topological polar surface area (TPSA) is 157 Å². The number of amides is 3. The van der Waals surface area contributed by atoms with Gasteiger partial charge in [-0.15, -0.1) is 4.73 Å². The van der Waals surface area contributed by atoms with Gasteiger partial charge < -0.3 is 29.8 Å². The van der Waals surface area contributed by atoms with Crippen molar-refractivity contribution < 1.29 is 43.7 Å². The first-order chi connectivity index (χ1) is 14.4. The molecule has 1 aromatic heterocycles. The van der Waals surface area contributed by atoms with Crippen molar-refractivity contribution in [2.24, 2.45) is 0 Å². The minimum Gasteiger partial charge on any atom is -0.492 e. The van der Waals surface area contributed by atoms with E-state index in [0.29, 0.717) is 4.73 Å². The smallest absolute Gasteiger partial charge is 0.335 e. The molecule has 0 spiro atoms. The van der Waals surface area contributed by atoms with Crippen molar-refractivity contribution in [1.82, 2.24) is 14.9 Å². The highest BCUT2D eigenvalue weighted by Crippen LogP contribution is 2.18. The summed E-state index contributed by atoms with van der Waals surface area (Å²) in [5.41, 5.74) is 0. The van der Waals surface area contributed by atoms with Gasteiger partial charge in [-0.05, 0) is 0 Å². The molecular formula is C18H23N3O9. The molecular weight excluding hydrogens is 402 g/mol. The van der Waals surface area contributed by atoms with Crippen LogP contribution in [0.25, 0.3) is 0 Å². The van der Waals surface area contributed by atoms with Gasteiger partial charge in [-0.1, -0.05) is 0 Å². The van der Waals surface area contributed by atoms with Crippen molar-refractivity contribution in [1.29, 1.82) is 0 Å². The number of aromatic nitrogens is 1. The second kappa shape index (κ2) is 11.6. The Morgan fingerprint density at radius 3 is 2.13 bits per heavy atom. The van der Waals surface area contributed by atoms with Gasteiger partial charge in [0.25, 0.3) is 11.8 Å². The maximum atomic E-state index is 11.7. The molecule has 0 radical (unpaired) electrons. The Morgan fingerprint density at radius 2 is 1.50 bits per heavy atom. The summed E-state index contributed by atoms with van der Waals surface area (Å²) in [6, 6.07) is 2.34. The standard InChI is InChI=1S/C18H23N3O9/c22-13(5-8-20-14(23)1-2-15(20)24)19-7-10-29-12-11-28-9-6-18(27)30-21-16(25)3-4-17(21)26/h1-4,25-26H,5-12H2,(H,19,22). The van der Waals surface area contributed by atoms with Crippen LogP contribution in [0.4, 0.5) is 0 Å². The van der Waals surface area contributed by atoms with Crippen LogP contribution < -0.4 is 10.2 Å². The van der Waals surface area contributed by atoms with E-state index < -0.39 is 29.5 Å². The first-order valence-electron chi connectivity index (χ1n) is 9.15. The van der Waals surface area contributed by atoms with Crippen LogP contribution in [0.3, 0.4) is 0 Å². The maximum absolute atomic E-state index is 11.7. The largest absolute Gasteiger partial charge is 0.492 e. The first kappa shape index (κ1) is 22.9. The summed E-state index contributed by atoms with van der Waals surface area (Å²) in [6.07, 6.45) is 2.25. The van der Waals surface area contributed by atoms with Crippen molar-refractivity contribution in [3.63, 3.8) is 0 Å². The van der Waals surface area contributed by atoms with E-state index in [9.17, 15) is 29.4 Å². The quantitative estimate of drug-likeness (QED) is 0.258. The molecule has 12 nitrogen and oxygen atoms in total. The lowest BCUT2D eigenvalue weighted by Crippen LogP contribution is -2.35. The third-order valence-electron chi connectivity index (χ3n) is 3.84. The third-order valence-corrected chi connectivity index (χ3v) is 3.84. The molecule has 164 valence electrons. The van der Waals surface area contributed by atoms with Crippen LogP contribution in [0, 0.1) is 0 Å². The fourth-order valence-electron chi connectivity index (χ4n) is 2.34. The highest BCUT2D eigenvalue weighted by atomic mass is 16.7. The number of carbonyl (C=O) groups is 4. The molecule has 2 heterocycles. The summed E-state index contributed by atoms with van der Waals surface area (Å²) >= 11 is 0. The van der Waals surface area contributed by atoms with Gasteiger partial charge in [-0.2, -0.15) is 0 Å². The minimum absolute atomic E-state index is 0.0108. The van der Waals surface area contributed by atoms with Gasteiger partial charge in [0.1, 0.15) is 0 Å². The van der Waals surface area contributed by atoms with Crippen LogP contribution in [0.2, 0.25) is 0 Å². The monoisotopic (exact) mass is 425 g/mol. The molecule has 1 aliphatic heterocycles. The van der Waals surface area contributed by atoms with Crippen molar-refractivity contribution in [3.8, 4) is 11.8 Å². The predicted octanol–water partition coefficient (Wildman–Crippen LogP) is -1.29. The van der Waals surface area contributed by atoms with Crippen LogP contribution in [-0.2, 0) is 28.7 Å². The Balaban J connectivity index is 1.42. The van der Waals surface area contributed by atoms with Crippen LogP contribution in [0.15, 0.2) is 24.3 Å². The van der Waals surface area contributed by atoms with E-state index in [0.717, 1.165) is 17.1 Å². The van der Waals surface area contributed by atoms with E-state index in [1.54, 1.807) is 0 Å². The number of nitrogens with zero attached hydrogens (tertiary/aromatic N) is 2. The molecule has 30 heavy (non-hydrogen) atoms. The van der Waals surface area contributed by atoms with Gasteiger partial charge in [0.15, 0.2) is 0 Å². The Labute approximate surface area is 171 Å². The Kier molecular flexibility index (Phi) is 8.84. The van der Waals surface area contributed by atoms with Gasteiger partial charge in [0.05, 0.1) is 32.8 Å². The highest BCUT2D eigenvalue weighted by molar-refractivity contribution is 6.13. The van der Waals surface area contributed by atoms with Gasteiger partial charge in [-0.3, -0.25) is 19.3 Å². The number of carbonyl (C=O) groups excluding carboxylic acids is 4. The second-order valence-corrected chi connectivity index (χ2v) is 6.04. The van der Waals surface area contributed by atoms with E-state index in [4.69, 9.17) is 14.3 Å². The average Bonchev–Trinajstić information content (AvgIpc) is 3.20. The van der Waals surface area contributed by atoms with Gasteiger partial charge in [0, 0.05) is 43.8 Å². The molecule has 3 N–H and O–H groups in total. The van der Waals surface area contributed by atoms with Crippen LogP contribution in [-0.4, -0.2) is 83.1 Å². The van der Waals surface area contributed by atoms with Crippen LogP contribution in [0.1, 0.15) is 12.8 Å². The molecule has 0 saturated heterocycles. The summed E-state index contributed by atoms with van der Waals surface area (Å²) in [5, 5.41) is 21.3. The van der Waals surface area contributed by atoms with Gasteiger partial charge in [0.2, 0.25) is 17.7 Å². The molecule has 3 amide bonds. The maximum Gasteiger partial charge on any atom is 0.335 e. The molecule has 0 saturated carbocycles. The minimum atomic E-state index is -0.700. The molecule has 0 aliphatic carbocycles. The summed E-state index contributed by atoms with van der Waals surface area (Å²) in [7, 11) is 0. The Morgan fingerprint density at radius 1 is 0.900 bits per heavy atom. The fraction of sp³-hybridized carbons (Fsp3) is 0.444. The van der Waals surface area contributed by atoms with E-state index in [2.05, 4.69) is 5.32 Å². The summed E-state index contributed by atoms with van der Waals surface area (Å²) < 4.78 is 11.1. The molecule has 0 atom stereocenters. The van der Waals surface area contributed by atoms with Crippen LogP contribution >= 0.6 is 0 Å². The number of aromatic hydroxyl groups is 2. The predicted molar refractivity (Wildman–Crippen MR) is 99.1 cm³/mol. The van der Waals surface area contributed by atoms with Gasteiger partial charge in [-0.25, -0.2) is 4.79 Å².